The number of hydrogen-bond donors (Lipinski definition) is 4. The number of benzene rings is 3. The van der Waals surface area contributed by atoms with Gasteiger partial charge in [-0.1, -0.05) is 32.8 Å². The highest BCUT2D eigenvalue weighted by atomic mass is 16.7. The summed E-state index contributed by atoms with van der Waals surface area (Å²) >= 11 is 0. The molecular weight excluding hydrogens is 672 g/mol. The van der Waals surface area contributed by atoms with E-state index in [2.05, 4.69) is 0 Å². The van der Waals surface area contributed by atoms with Crippen molar-refractivity contribution in [1.29, 1.82) is 0 Å². The molecule has 1 unspecified atom stereocenters. The monoisotopic (exact) mass is 716 g/mol. The summed E-state index contributed by atoms with van der Waals surface area (Å²) in [4.78, 5) is 40.7. The maximum absolute atomic E-state index is 14.6. The van der Waals surface area contributed by atoms with Crippen molar-refractivity contribution in [2.24, 2.45) is 5.92 Å². The van der Waals surface area contributed by atoms with E-state index in [-0.39, 0.29) is 68.5 Å². The van der Waals surface area contributed by atoms with Gasteiger partial charge in [-0.25, -0.2) is 9.59 Å². The highest BCUT2D eigenvalue weighted by molar-refractivity contribution is 6.21. The molecule has 3 aromatic carbocycles. The third kappa shape index (κ3) is 7.19. The summed E-state index contributed by atoms with van der Waals surface area (Å²) in [6.45, 7) is 3.84. The van der Waals surface area contributed by atoms with Crippen LogP contribution in [0.2, 0.25) is 0 Å². The lowest BCUT2D eigenvalue weighted by Gasteiger charge is -2.39. The van der Waals surface area contributed by atoms with Crippen LogP contribution in [-0.2, 0) is 14.3 Å². The van der Waals surface area contributed by atoms with Crippen LogP contribution < -0.4 is 28.4 Å². The molecule has 278 valence electrons. The Morgan fingerprint density at radius 1 is 0.745 bits per heavy atom. The molecule has 4 N–H and O–H groups in total. The van der Waals surface area contributed by atoms with Gasteiger partial charge in [-0.15, -0.1) is 0 Å². The van der Waals surface area contributed by atoms with Gasteiger partial charge in [0.15, 0.2) is 34.9 Å². The van der Waals surface area contributed by atoms with Crippen molar-refractivity contribution in [1.82, 2.24) is 0 Å². The number of aliphatic hydroxyl groups excluding tert-OH is 3. The number of aliphatic carboxylic acids is 1. The summed E-state index contributed by atoms with van der Waals surface area (Å²) in [7, 11) is 8.12. The van der Waals surface area contributed by atoms with Gasteiger partial charge in [0.05, 0.1) is 53.8 Å². The molecular formula is C36H44O15. The first-order valence-electron chi connectivity index (χ1n) is 16.1. The molecule has 15 nitrogen and oxygen atoms in total. The predicted molar refractivity (Wildman–Crippen MR) is 181 cm³/mol. The number of ether oxygens (including phenoxy) is 8. The van der Waals surface area contributed by atoms with E-state index in [0.29, 0.717) is 24.2 Å². The van der Waals surface area contributed by atoms with Crippen molar-refractivity contribution < 1.29 is 72.7 Å². The number of aliphatic hydroxyl groups is 3. The van der Waals surface area contributed by atoms with Gasteiger partial charge in [-0.2, -0.15) is 0 Å². The number of Topliss-reactive ketones (excluding diaryl/α,β-unsaturated/α-hetero) is 1. The van der Waals surface area contributed by atoms with E-state index in [1.165, 1.54) is 41.6 Å². The number of carbonyl (C=O) groups is 3. The maximum Gasteiger partial charge on any atom is 0.339 e. The van der Waals surface area contributed by atoms with Crippen LogP contribution in [0.3, 0.4) is 0 Å². The normalized spacial score (nSPS) is 20.1. The summed E-state index contributed by atoms with van der Waals surface area (Å²) < 4.78 is 45.2. The molecule has 5 atom stereocenters. The van der Waals surface area contributed by atoms with Crippen molar-refractivity contribution in [3.63, 3.8) is 0 Å². The Morgan fingerprint density at radius 2 is 1.37 bits per heavy atom. The Balaban J connectivity index is 2.29. The lowest BCUT2D eigenvalue weighted by Crippen LogP contribution is -2.61. The molecule has 0 spiro atoms. The third-order valence-electron chi connectivity index (χ3n) is 9.07. The summed E-state index contributed by atoms with van der Waals surface area (Å²) in [6, 6.07) is 6.29. The number of methoxy groups -OCH3 is 6. The van der Waals surface area contributed by atoms with E-state index in [0.717, 1.165) is 7.11 Å². The van der Waals surface area contributed by atoms with E-state index in [9.17, 15) is 34.8 Å². The number of carboxylic acids is 1. The van der Waals surface area contributed by atoms with E-state index in [1.807, 2.05) is 13.8 Å². The molecule has 0 radical (unpaired) electrons. The van der Waals surface area contributed by atoms with Gasteiger partial charge in [-0.3, -0.25) is 4.79 Å². The molecule has 1 fully saturated rings. The Morgan fingerprint density at radius 3 is 1.90 bits per heavy atom. The predicted octanol–water partition coefficient (Wildman–Crippen LogP) is 3.62. The Kier molecular flexibility index (Phi) is 12.6. The molecule has 0 aliphatic carbocycles. The van der Waals surface area contributed by atoms with Crippen LogP contribution in [0.25, 0.3) is 21.9 Å². The summed E-state index contributed by atoms with van der Waals surface area (Å²) in [5.74, 6) is -2.73. The van der Waals surface area contributed by atoms with Crippen molar-refractivity contribution in [3.05, 3.63) is 35.4 Å². The van der Waals surface area contributed by atoms with Gasteiger partial charge >= 0.3 is 11.9 Å². The highest BCUT2D eigenvalue weighted by Gasteiger charge is 2.49. The van der Waals surface area contributed by atoms with Crippen LogP contribution >= 0.6 is 0 Å². The fourth-order valence-electron chi connectivity index (χ4n) is 6.26. The maximum atomic E-state index is 14.6. The van der Waals surface area contributed by atoms with E-state index in [4.69, 9.17) is 37.9 Å². The SMILES string of the molecule is CCC(CC)CC(=O)c1c(C(=O)OC)c(-c2ccc(OC)c(OC)c2)c2c(OC)c(OC)c(OC)cc2c1OC1O[C@H](C(=O)O)[C@@H](O)[C@H](O)[C@H]1O. The first-order valence-corrected chi connectivity index (χ1v) is 16.1. The van der Waals surface area contributed by atoms with Gasteiger partial charge in [0.2, 0.25) is 12.0 Å². The Bertz CT molecular complexity index is 1770. The van der Waals surface area contributed by atoms with Crippen molar-refractivity contribution >= 4 is 28.5 Å². The zero-order chi connectivity index (χ0) is 37.7. The highest BCUT2D eigenvalue weighted by Crippen LogP contribution is 2.53. The lowest BCUT2D eigenvalue weighted by atomic mass is 9.84. The van der Waals surface area contributed by atoms with Crippen LogP contribution in [0.15, 0.2) is 24.3 Å². The van der Waals surface area contributed by atoms with Gasteiger partial charge in [0, 0.05) is 22.8 Å². The standard InChI is InChI=1S/C36H44O15/c1-9-16(10-2)13-19(37)25-26(35(43)49-8)23(17-11-12-20(44-3)21(14-17)45-4)24-18(15-22(46-5)31(47-6)32(24)48-7)30(25)50-36-29(40)27(38)28(39)33(51-36)34(41)42/h11-12,14-16,27-29,33,36,38-40H,9-10,13H2,1-8H3,(H,41,42)/t27-,28-,29+,33-,36?/m0/s1. The van der Waals surface area contributed by atoms with Gasteiger partial charge in [-0.05, 0) is 29.7 Å². The van der Waals surface area contributed by atoms with Crippen LogP contribution in [0, 0.1) is 5.92 Å². The van der Waals surface area contributed by atoms with Crippen LogP contribution in [0.1, 0.15) is 53.8 Å². The molecule has 0 bridgehead atoms. The van der Waals surface area contributed by atoms with E-state index < -0.39 is 48.4 Å². The molecule has 0 amide bonds. The first kappa shape index (κ1) is 39.0. The minimum atomic E-state index is -2.03. The van der Waals surface area contributed by atoms with Gasteiger partial charge in [0.25, 0.3) is 0 Å². The minimum Gasteiger partial charge on any atom is -0.493 e. The number of hydrogen-bond acceptors (Lipinski definition) is 14. The molecule has 1 aliphatic rings. The average molecular weight is 717 g/mol. The third-order valence-corrected chi connectivity index (χ3v) is 9.07. The zero-order valence-corrected chi connectivity index (χ0v) is 29.7. The number of rotatable bonds is 15. The van der Waals surface area contributed by atoms with Crippen LogP contribution in [0.5, 0.6) is 34.5 Å². The molecule has 51 heavy (non-hydrogen) atoms. The first-order chi connectivity index (χ1) is 24.4. The zero-order valence-electron chi connectivity index (χ0n) is 29.7. The summed E-state index contributed by atoms with van der Waals surface area (Å²) in [6.07, 6.45) is -8.88. The second-order valence-corrected chi connectivity index (χ2v) is 11.7. The van der Waals surface area contributed by atoms with Gasteiger partial charge in [0.1, 0.15) is 24.1 Å². The summed E-state index contributed by atoms with van der Waals surface area (Å²) in [5, 5.41) is 42.0. The van der Waals surface area contributed by atoms with E-state index >= 15 is 0 Å². The number of ketones is 1. The Hall–Kier alpha value is -4.83. The quantitative estimate of drug-likeness (QED) is 0.131. The van der Waals surface area contributed by atoms with E-state index in [1.54, 1.807) is 18.2 Å². The molecule has 15 heteroatoms. The number of fused-ring (bicyclic) bond motifs is 1. The largest absolute Gasteiger partial charge is 0.493 e. The molecule has 1 heterocycles. The molecule has 1 aliphatic heterocycles. The molecule has 4 rings (SSSR count). The Labute approximate surface area is 294 Å². The van der Waals surface area contributed by atoms with Gasteiger partial charge < -0.3 is 58.3 Å². The topological polar surface area (TPSA) is 206 Å². The number of carboxylic acid groups (broad SMARTS) is 1. The van der Waals surface area contributed by atoms with Crippen molar-refractivity contribution in [2.75, 3.05) is 42.7 Å². The fourth-order valence-corrected chi connectivity index (χ4v) is 6.26. The smallest absolute Gasteiger partial charge is 0.339 e. The van der Waals surface area contributed by atoms with Crippen molar-refractivity contribution in [3.8, 4) is 45.6 Å². The van der Waals surface area contributed by atoms with Crippen LogP contribution in [0.4, 0.5) is 0 Å². The van der Waals surface area contributed by atoms with Crippen molar-refractivity contribution in [2.45, 2.75) is 63.8 Å². The summed E-state index contributed by atoms with van der Waals surface area (Å²) in [5.41, 5.74) is -0.0667. The molecule has 0 saturated carbocycles. The second-order valence-electron chi connectivity index (χ2n) is 11.7. The fraction of sp³-hybridized carbons (Fsp3) is 0.472. The average Bonchev–Trinajstić information content (AvgIpc) is 3.14. The second kappa shape index (κ2) is 16.5. The number of carbonyl (C=O) groups excluding carboxylic acids is 2. The minimum absolute atomic E-state index is 0.0367. The number of esters is 1. The lowest BCUT2D eigenvalue weighted by molar-refractivity contribution is -0.270. The molecule has 1 saturated heterocycles. The molecule has 3 aromatic rings. The van der Waals surface area contributed by atoms with Crippen LogP contribution in [-0.4, -0.2) is 112 Å². The molecule has 0 aromatic heterocycles.